The molecule has 4 bridgehead atoms. The van der Waals surface area contributed by atoms with Crippen LogP contribution in [-0.4, -0.2) is 72.8 Å². The summed E-state index contributed by atoms with van der Waals surface area (Å²) in [6.45, 7) is 6.24. The van der Waals surface area contributed by atoms with E-state index in [1.807, 2.05) is 19.1 Å². The second kappa shape index (κ2) is 16.1. The molecule has 0 spiro atoms. The number of aryl methyl sites for hydroxylation is 1. The van der Waals surface area contributed by atoms with Gasteiger partial charge in [-0.3, -0.25) is 19.2 Å². The Morgan fingerprint density at radius 1 is 1.08 bits per heavy atom. The summed E-state index contributed by atoms with van der Waals surface area (Å²) < 4.78 is 38.5. The number of sulfone groups is 1. The molecule has 2 aromatic carbocycles. The number of benzene rings is 2. The first-order valence-electron chi connectivity index (χ1n) is 18.5. The molecule has 1 aliphatic carbocycles. The number of unbranched alkanes of at least 4 members (excludes halogenated alkanes) is 1. The molecule has 0 N–H and O–H groups in total. The van der Waals surface area contributed by atoms with Crippen molar-refractivity contribution in [2.45, 2.75) is 94.6 Å². The van der Waals surface area contributed by atoms with Gasteiger partial charge in [-0.1, -0.05) is 56.2 Å². The van der Waals surface area contributed by atoms with Crippen molar-refractivity contribution in [2.75, 3.05) is 18.9 Å². The van der Waals surface area contributed by atoms with Gasteiger partial charge in [-0.05, 0) is 79.7 Å². The van der Waals surface area contributed by atoms with Crippen molar-refractivity contribution in [1.82, 2.24) is 9.88 Å². The monoisotopic (exact) mass is 728 g/mol. The van der Waals surface area contributed by atoms with Crippen molar-refractivity contribution in [1.29, 1.82) is 0 Å². The molecule has 5 atom stereocenters. The molecule has 11 heteroatoms. The van der Waals surface area contributed by atoms with Crippen molar-refractivity contribution in [3.8, 4) is 5.88 Å². The van der Waals surface area contributed by atoms with E-state index in [4.69, 9.17) is 9.47 Å². The normalized spacial score (nSPS) is 25.5. The molecular formula is C41H48N2O8S. The van der Waals surface area contributed by atoms with E-state index in [1.165, 1.54) is 17.0 Å². The second-order valence-corrected chi connectivity index (χ2v) is 16.6. The summed E-state index contributed by atoms with van der Waals surface area (Å²) in [6, 6.07) is 15.0. The van der Waals surface area contributed by atoms with Gasteiger partial charge in [-0.15, -0.1) is 6.58 Å². The number of hydrogen-bond donors (Lipinski definition) is 0. The highest BCUT2D eigenvalue weighted by Crippen LogP contribution is 2.57. The zero-order chi connectivity index (χ0) is 36.9. The molecule has 10 nitrogen and oxygen atoms in total. The number of allylic oxidation sites excluding steroid dienone is 1. The Balaban J connectivity index is 1.30. The Labute approximate surface area is 305 Å². The van der Waals surface area contributed by atoms with Crippen molar-refractivity contribution in [3.05, 3.63) is 79.0 Å². The first-order chi connectivity index (χ1) is 25.0. The minimum Gasteiger partial charge on any atom is -0.472 e. The maximum absolute atomic E-state index is 14.4. The van der Waals surface area contributed by atoms with E-state index in [0.717, 1.165) is 42.0 Å². The first kappa shape index (κ1) is 37.4. The van der Waals surface area contributed by atoms with Gasteiger partial charge >= 0.3 is 5.97 Å². The predicted molar refractivity (Wildman–Crippen MR) is 196 cm³/mol. The third-order valence-corrected chi connectivity index (χ3v) is 12.6. The third kappa shape index (κ3) is 8.30. The number of hydrogen-bond acceptors (Lipinski definition) is 9. The van der Waals surface area contributed by atoms with Crippen LogP contribution in [0.1, 0.15) is 76.7 Å². The predicted octanol–water partition coefficient (Wildman–Crippen LogP) is 6.24. The average molecular weight is 729 g/mol. The summed E-state index contributed by atoms with van der Waals surface area (Å²) in [4.78, 5) is 61.8. The van der Waals surface area contributed by atoms with Crippen molar-refractivity contribution in [2.24, 2.45) is 17.3 Å². The number of fused-ring (bicyclic) bond motifs is 3. The zero-order valence-corrected chi connectivity index (χ0v) is 30.7. The van der Waals surface area contributed by atoms with Crippen LogP contribution in [0.4, 0.5) is 0 Å². The van der Waals surface area contributed by atoms with Gasteiger partial charge in [0.05, 0.1) is 30.5 Å². The Kier molecular flexibility index (Phi) is 11.6. The molecule has 2 aliphatic heterocycles. The van der Waals surface area contributed by atoms with Crippen LogP contribution in [0.25, 0.3) is 10.8 Å². The first-order valence-corrected chi connectivity index (χ1v) is 20.2. The highest BCUT2D eigenvalue weighted by molar-refractivity contribution is 7.92. The van der Waals surface area contributed by atoms with E-state index >= 15 is 0 Å². The van der Waals surface area contributed by atoms with Crippen LogP contribution in [0.5, 0.6) is 5.88 Å². The molecule has 3 aromatic rings. The molecule has 276 valence electrons. The van der Waals surface area contributed by atoms with E-state index in [0.29, 0.717) is 31.6 Å². The molecule has 52 heavy (non-hydrogen) atoms. The number of rotatable bonds is 11. The lowest BCUT2D eigenvalue weighted by molar-refractivity contribution is -0.150. The number of aromatic nitrogens is 1. The molecule has 3 aliphatic rings. The van der Waals surface area contributed by atoms with Gasteiger partial charge in [0.2, 0.25) is 11.8 Å². The number of Topliss-reactive ketones (excluding diaryl/α,β-unsaturated/α-hetero) is 2. The highest BCUT2D eigenvalue weighted by Gasteiger charge is 2.60. The topological polar surface area (TPSA) is 137 Å². The quantitative estimate of drug-likeness (QED) is 0.166. The fourth-order valence-corrected chi connectivity index (χ4v) is 9.17. The molecule has 1 amide bonds. The summed E-state index contributed by atoms with van der Waals surface area (Å²) in [5.74, 6) is -3.01. The molecule has 6 rings (SSSR count). The van der Waals surface area contributed by atoms with Gasteiger partial charge in [0.15, 0.2) is 21.4 Å². The Hall–Kier alpha value is -4.38. The van der Waals surface area contributed by atoms with Gasteiger partial charge in [-0.2, -0.15) is 0 Å². The van der Waals surface area contributed by atoms with Crippen molar-refractivity contribution >= 4 is 44.1 Å². The van der Waals surface area contributed by atoms with Gasteiger partial charge in [0.1, 0.15) is 11.9 Å². The highest BCUT2D eigenvalue weighted by atomic mass is 32.2. The lowest BCUT2D eigenvalue weighted by Gasteiger charge is -2.29. The molecule has 1 saturated heterocycles. The lowest BCUT2D eigenvalue weighted by atomic mass is 9.88. The Morgan fingerprint density at radius 3 is 2.63 bits per heavy atom. The maximum Gasteiger partial charge on any atom is 0.306 e. The summed E-state index contributed by atoms with van der Waals surface area (Å²) in [5, 5.41) is 1.81. The second-order valence-electron chi connectivity index (χ2n) is 14.6. The zero-order valence-electron chi connectivity index (χ0n) is 29.8. The van der Waals surface area contributed by atoms with Crippen LogP contribution in [-0.2, 0) is 40.2 Å². The van der Waals surface area contributed by atoms with Crippen molar-refractivity contribution in [3.63, 3.8) is 0 Å². The minimum atomic E-state index is -3.94. The number of amides is 1. The van der Waals surface area contributed by atoms with Crippen LogP contribution in [0, 0.1) is 17.3 Å². The SMILES string of the molecule is C=C[C@@H]1C[C@]1(CC(=O)[C@@H]1C[C@@H]2CN1C(=O)[C@H](CCCC)CC(=O)OCCCCCc1ccc3ccnc(c3c1)O2)C(=O)CS(=O)(=O)c1ccccc1. The number of cyclic esters (lactones) is 1. The van der Waals surface area contributed by atoms with Crippen LogP contribution in [0.3, 0.4) is 0 Å². The van der Waals surface area contributed by atoms with Gasteiger partial charge in [-0.25, -0.2) is 13.4 Å². The standard InChI is InChI=1S/C41H48N2O8S/c1-3-5-13-30-22-38(46)50-20-11-7-8-12-28-16-17-29-18-19-42-39(34(29)21-28)51-32-23-35(43(26-32)40(30)47)36(44)25-41(24-31(41)4-2)37(45)27-52(48,49)33-14-9-6-10-15-33/h4,6,9-10,14-19,21,30-32,35H,2-3,5,7-8,11-13,20,22-27H2,1H3/t30-,31-,32-,35+,41-/m1/s1. The van der Waals surface area contributed by atoms with Gasteiger partial charge in [0.25, 0.3) is 0 Å². The number of ether oxygens (including phenoxy) is 2. The summed E-state index contributed by atoms with van der Waals surface area (Å²) >= 11 is 0. The number of ketones is 2. The fourth-order valence-electron chi connectivity index (χ4n) is 7.80. The Morgan fingerprint density at radius 2 is 1.88 bits per heavy atom. The molecule has 1 saturated carbocycles. The van der Waals surface area contributed by atoms with Crippen LogP contribution < -0.4 is 4.74 Å². The number of esters is 1. The van der Waals surface area contributed by atoms with Gasteiger partial charge in [0, 0.05) is 35.8 Å². The van der Waals surface area contributed by atoms with Crippen LogP contribution in [0.2, 0.25) is 0 Å². The fraction of sp³-hybridized carbons (Fsp3) is 0.488. The van der Waals surface area contributed by atoms with E-state index in [9.17, 15) is 27.6 Å². The molecule has 1 aromatic heterocycles. The van der Waals surface area contributed by atoms with E-state index in [1.54, 1.807) is 30.5 Å². The van der Waals surface area contributed by atoms with E-state index in [-0.39, 0.29) is 54.9 Å². The van der Waals surface area contributed by atoms with E-state index < -0.39 is 50.8 Å². The smallest absolute Gasteiger partial charge is 0.306 e. The molecule has 0 radical (unpaired) electrons. The Bertz CT molecular complexity index is 1930. The molecular weight excluding hydrogens is 681 g/mol. The number of pyridine rings is 1. The third-order valence-electron chi connectivity index (χ3n) is 10.9. The summed E-state index contributed by atoms with van der Waals surface area (Å²) in [6.07, 6.45) is 8.21. The molecule has 3 heterocycles. The molecule has 0 unspecified atom stereocenters. The van der Waals surface area contributed by atoms with E-state index in [2.05, 4.69) is 23.7 Å². The summed E-state index contributed by atoms with van der Waals surface area (Å²) in [7, 11) is -3.94. The van der Waals surface area contributed by atoms with Gasteiger partial charge < -0.3 is 14.4 Å². The minimum absolute atomic E-state index is 0.0422. The van der Waals surface area contributed by atoms with Crippen molar-refractivity contribution < 1.29 is 37.1 Å². The van der Waals surface area contributed by atoms with Crippen LogP contribution >= 0.6 is 0 Å². The largest absolute Gasteiger partial charge is 0.472 e. The number of carbonyl (C=O) groups is 4. The molecule has 2 fully saturated rings. The number of nitrogens with zero attached hydrogens (tertiary/aromatic N) is 2. The average Bonchev–Trinajstić information content (AvgIpc) is 3.70. The maximum atomic E-state index is 14.4. The lowest BCUT2D eigenvalue weighted by Crippen LogP contribution is -2.45. The van der Waals surface area contributed by atoms with Crippen LogP contribution in [0.15, 0.2) is 78.3 Å². The summed E-state index contributed by atoms with van der Waals surface area (Å²) in [5.41, 5.74) is -0.0939. The number of carbonyl (C=O) groups excluding carboxylic acids is 4.